The molecule has 2 amide bonds. The van der Waals surface area contributed by atoms with Crippen LogP contribution in [0.2, 0.25) is 0 Å². The molecular weight excluding hydrogens is 320 g/mol. The monoisotopic (exact) mass is 344 g/mol. The van der Waals surface area contributed by atoms with Crippen LogP contribution in [0, 0.1) is 5.92 Å². The summed E-state index contributed by atoms with van der Waals surface area (Å²) in [6.45, 7) is 0.831. The van der Waals surface area contributed by atoms with Gasteiger partial charge in [0, 0.05) is 31.6 Å². The number of nitrogens with zero attached hydrogens (tertiary/aromatic N) is 1. The fourth-order valence-electron chi connectivity index (χ4n) is 3.55. The van der Waals surface area contributed by atoms with Crippen LogP contribution in [0.15, 0.2) is 18.2 Å². The van der Waals surface area contributed by atoms with Crippen LogP contribution in [0.3, 0.4) is 0 Å². The molecule has 1 heterocycles. The molecule has 1 aliphatic carbocycles. The Bertz CT molecular complexity index is 686. The maximum Gasteiger partial charge on any atom is 0.305 e. The number of anilines is 1. The summed E-state index contributed by atoms with van der Waals surface area (Å²) in [6.07, 6.45) is 4.40. The minimum absolute atomic E-state index is 0.00680. The molecule has 0 spiro atoms. The van der Waals surface area contributed by atoms with Crippen molar-refractivity contribution in [2.45, 2.75) is 38.5 Å². The Balaban J connectivity index is 1.53. The van der Waals surface area contributed by atoms with E-state index in [0.29, 0.717) is 19.5 Å². The number of aryl methyl sites for hydroxylation is 2. The van der Waals surface area contributed by atoms with E-state index in [1.54, 1.807) is 4.90 Å². The van der Waals surface area contributed by atoms with Crippen molar-refractivity contribution in [2.75, 3.05) is 25.1 Å². The molecule has 1 atom stereocenters. The number of nitrogens with one attached hydrogen (secondary N) is 1. The number of rotatable bonds is 6. The summed E-state index contributed by atoms with van der Waals surface area (Å²) in [5, 5.41) is 2.81. The van der Waals surface area contributed by atoms with Gasteiger partial charge in [-0.1, -0.05) is 6.07 Å². The van der Waals surface area contributed by atoms with Gasteiger partial charge in [-0.15, -0.1) is 0 Å². The number of fused-ring (bicyclic) bond motifs is 1. The van der Waals surface area contributed by atoms with Crippen LogP contribution in [0.5, 0.6) is 0 Å². The van der Waals surface area contributed by atoms with Gasteiger partial charge < -0.3 is 15.0 Å². The van der Waals surface area contributed by atoms with Crippen LogP contribution < -0.4 is 10.2 Å². The molecule has 0 aromatic heterocycles. The molecule has 2 aliphatic rings. The summed E-state index contributed by atoms with van der Waals surface area (Å²) in [7, 11) is 1.35. The van der Waals surface area contributed by atoms with Gasteiger partial charge in [-0.3, -0.25) is 14.4 Å². The highest BCUT2D eigenvalue weighted by Gasteiger charge is 2.35. The second kappa shape index (κ2) is 7.68. The van der Waals surface area contributed by atoms with Crippen LogP contribution in [-0.2, 0) is 32.0 Å². The molecule has 1 unspecified atom stereocenters. The van der Waals surface area contributed by atoms with Crippen molar-refractivity contribution in [1.29, 1.82) is 0 Å². The third-order valence-corrected chi connectivity index (χ3v) is 4.97. The van der Waals surface area contributed by atoms with Crippen LogP contribution in [-0.4, -0.2) is 38.0 Å². The van der Waals surface area contributed by atoms with E-state index in [1.807, 2.05) is 6.07 Å². The zero-order valence-electron chi connectivity index (χ0n) is 14.5. The van der Waals surface area contributed by atoms with Gasteiger partial charge in [-0.05, 0) is 48.9 Å². The van der Waals surface area contributed by atoms with E-state index >= 15 is 0 Å². The molecule has 0 saturated carbocycles. The summed E-state index contributed by atoms with van der Waals surface area (Å²) in [4.78, 5) is 37.4. The van der Waals surface area contributed by atoms with Crippen molar-refractivity contribution in [1.82, 2.24) is 5.32 Å². The van der Waals surface area contributed by atoms with E-state index in [0.717, 1.165) is 18.5 Å². The third-order valence-electron chi connectivity index (χ3n) is 4.97. The van der Waals surface area contributed by atoms with Gasteiger partial charge in [0.1, 0.15) is 0 Å². The smallest absolute Gasteiger partial charge is 0.305 e. The predicted octanol–water partition coefficient (Wildman–Crippen LogP) is 1.60. The number of carbonyl (C=O) groups excluding carboxylic acids is 3. The Labute approximate surface area is 147 Å². The van der Waals surface area contributed by atoms with Crippen molar-refractivity contribution in [3.8, 4) is 0 Å². The molecule has 1 N–H and O–H groups in total. The van der Waals surface area contributed by atoms with E-state index in [4.69, 9.17) is 0 Å². The lowest BCUT2D eigenvalue weighted by Crippen LogP contribution is -2.33. The van der Waals surface area contributed by atoms with Gasteiger partial charge in [-0.2, -0.15) is 0 Å². The highest BCUT2D eigenvalue weighted by molar-refractivity contribution is 6.00. The average Bonchev–Trinajstić information content (AvgIpc) is 3.23. The van der Waals surface area contributed by atoms with E-state index in [1.165, 1.54) is 24.7 Å². The highest BCUT2D eigenvalue weighted by atomic mass is 16.5. The zero-order valence-corrected chi connectivity index (χ0v) is 14.5. The lowest BCUT2D eigenvalue weighted by Gasteiger charge is -2.18. The maximum atomic E-state index is 12.3. The van der Waals surface area contributed by atoms with E-state index < -0.39 is 0 Å². The Morgan fingerprint density at radius 2 is 2.08 bits per heavy atom. The molecule has 1 saturated heterocycles. The third kappa shape index (κ3) is 4.00. The van der Waals surface area contributed by atoms with Crippen LogP contribution in [0.25, 0.3) is 0 Å². The first-order valence-electron chi connectivity index (χ1n) is 8.85. The number of carbonyl (C=O) groups is 3. The van der Waals surface area contributed by atoms with Gasteiger partial charge in [-0.25, -0.2) is 0 Å². The molecule has 134 valence electrons. The van der Waals surface area contributed by atoms with Gasteiger partial charge in [0.2, 0.25) is 11.8 Å². The highest BCUT2D eigenvalue weighted by Crippen LogP contribution is 2.30. The van der Waals surface area contributed by atoms with Crippen molar-refractivity contribution < 1.29 is 19.1 Å². The van der Waals surface area contributed by atoms with Crippen LogP contribution in [0.4, 0.5) is 5.69 Å². The lowest BCUT2D eigenvalue weighted by molar-refractivity contribution is -0.140. The van der Waals surface area contributed by atoms with Crippen molar-refractivity contribution in [2.24, 2.45) is 5.92 Å². The van der Waals surface area contributed by atoms with Gasteiger partial charge in [0.25, 0.3) is 0 Å². The number of amides is 2. The number of methoxy groups -OCH3 is 1. The summed E-state index contributed by atoms with van der Waals surface area (Å²) in [6, 6.07) is 6.18. The molecule has 6 heteroatoms. The number of hydrogen-bond acceptors (Lipinski definition) is 4. The molecule has 3 rings (SSSR count). The normalized spacial score (nSPS) is 19.0. The zero-order chi connectivity index (χ0) is 17.8. The van der Waals surface area contributed by atoms with Gasteiger partial charge >= 0.3 is 5.97 Å². The molecule has 0 radical (unpaired) electrons. The topological polar surface area (TPSA) is 75.7 Å². The molecule has 6 nitrogen and oxygen atoms in total. The number of benzene rings is 1. The van der Waals surface area contributed by atoms with E-state index in [9.17, 15) is 14.4 Å². The predicted molar refractivity (Wildman–Crippen MR) is 93.2 cm³/mol. The molecule has 0 bridgehead atoms. The number of esters is 1. The fraction of sp³-hybridized carbons (Fsp3) is 0.526. The molecular formula is C19H24N2O4. The van der Waals surface area contributed by atoms with E-state index in [2.05, 4.69) is 22.2 Å². The number of hydrogen-bond donors (Lipinski definition) is 1. The summed E-state index contributed by atoms with van der Waals surface area (Å²) in [5.41, 5.74) is 3.59. The summed E-state index contributed by atoms with van der Waals surface area (Å²) >= 11 is 0. The molecule has 1 fully saturated rings. The van der Waals surface area contributed by atoms with Gasteiger partial charge in [0.15, 0.2) is 0 Å². The molecule has 25 heavy (non-hydrogen) atoms. The second-order valence-corrected chi connectivity index (χ2v) is 6.68. The standard InChI is InChI=1S/C19H24N2O4/c1-25-18(23)6-3-9-20-19(24)15-11-17(22)21(12-15)16-8-7-13-4-2-5-14(13)10-16/h7-8,10,15H,2-6,9,11-12H2,1H3,(H,20,24). The molecule has 1 aromatic carbocycles. The minimum atomic E-state index is -0.334. The van der Waals surface area contributed by atoms with Crippen LogP contribution in [0.1, 0.15) is 36.8 Å². The van der Waals surface area contributed by atoms with Crippen molar-refractivity contribution in [3.05, 3.63) is 29.3 Å². The summed E-state index contributed by atoms with van der Waals surface area (Å²) in [5.74, 6) is -0.749. The van der Waals surface area contributed by atoms with Crippen molar-refractivity contribution >= 4 is 23.5 Å². The fourth-order valence-corrected chi connectivity index (χ4v) is 3.55. The Morgan fingerprint density at radius 3 is 2.88 bits per heavy atom. The first kappa shape index (κ1) is 17.5. The maximum absolute atomic E-state index is 12.3. The van der Waals surface area contributed by atoms with Crippen LogP contribution >= 0.6 is 0 Å². The largest absolute Gasteiger partial charge is 0.469 e. The van der Waals surface area contributed by atoms with Crippen molar-refractivity contribution in [3.63, 3.8) is 0 Å². The van der Waals surface area contributed by atoms with E-state index in [-0.39, 0.29) is 36.5 Å². The number of ether oxygens (including phenoxy) is 1. The quantitative estimate of drug-likeness (QED) is 0.628. The Kier molecular flexibility index (Phi) is 5.36. The Hall–Kier alpha value is -2.37. The van der Waals surface area contributed by atoms with Gasteiger partial charge in [0.05, 0.1) is 13.0 Å². The average molecular weight is 344 g/mol. The summed E-state index contributed by atoms with van der Waals surface area (Å²) < 4.78 is 4.56. The minimum Gasteiger partial charge on any atom is -0.469 e. The molecule has 1 aromatic rings. The lowest BCUT2D eigenvalue weighted by atomic mass is 10.1. The molecule has 1 aliphatic heterocycles. The Morgan fingerprint density at radius 1 is 1.28 bits per heavy atom. The first-order chi connectivity index (χ1) is 12.1. The second-order valence-electron chi connectivity index (χ2n) is 6.68. The first-order valence-corrected chi connectivity index (χ1v) is 8.85. The SMILES string of the molecule is COC(=O)CCCNC(=O)C1CC(=O)N(c2ccc3c(c2)CCC3)C1.